The number of nitrogens with one attached hydrogen (secondary N) is 2. The van der Waals surface area contributed by atoms with Gasteiger partial charge in [0.15, 0.2) is 0 Å². The molecule has 1 fully saturated rings. The first-order valence-electron chi connectivity index (χ1n) is 4.27. The van der Waals surface area contributed by atoms with Gasteiger partial charge in [-0.1, -0.05) is 13.8 Å². The van der Waals surface area contributed by atoms with Crippen LogP contribution in [-0.4, -0.2) is 25.7 Å². The molecule has 2 heteroatoms. The second kappa shape index (κ2) is 3.94. The van der Waals surface area contributed by atoms with Gasteiger partial charge in [-0.15, -0.1) is 0 Å². The van der Waals surface area contributed by atoms with E-state index in [4.69, 9.17) is 0 Å². The van der Waals surface area contributed by atoms with Crippen molar-refractivity contribution in [1.82, 2.24) is 10.6 Å². The lowest BCUT2D eigenvalue weighted by atomic mass is 9.98. The molecule has 0 amide bonds. The van der Waals surface area contributed by atoms with Gasteiger partial charge in [-0.25, -0.2) is 0 Å². The van der Waals surface area contributed by atoms with Gasteiger partial charge < -0.3 is 10.6 Å². The van der Waals surface area contributed by atoms with Crippen molar-refractivity contribution < 1.29 is 0 Å². The molecule has 1 aliphatic heterocycles. The number of likely N-dealkylation sites (N-methyl/N-ethyl adjacent to an activating group) is 1. The van der Waals surface area contributed by atoms with Crippen molar-refractivity contribution in [3.8, 4) is 0 Å². The molecule has 60 valence electrons. The van der Waals surface area contributed by atoms with E-state index >= 15 is 0 Å². The van der Waals surface area contributed by atoms with E-state index in [1.54, 1.807) is 0 Å². The Morgan fingerprint density at radius 3 is 2.90 bits per heavy atom. The zero-order valence-corrected chi connectivity index (χ0v) is 6.98. The summed E-state index contributed by atoms with van der Waals surface area (Å²) in [5.41, 5.74) is 0. The van der Waals surface area contributed by atoms with Crippen molar-refractivity contribution in [3.63, 3.8) is 0 Å². The lowest BCUT2D eigenvalue weighted by Crippen LogP contribution is -2.46. The normalized spacial score (nSPS) is 34.2. The number of hydrogen-bond donors (Lipinski definition) is 2. The van der Waals surface area contributed by atoms with Gasteiger partial charge in [0.2, 0.25) is 0 Å². The third-order valence-electron chi connectivity index (χ3n) is 2.06. The fraction of sp³-hybridized carbons (Fsp3) is 1.00. The molecule has 10 heavy (non-hydrogen) atoms. The zero-order valence-electron chi connectivity index (χ0n) is 6.98. The van der Waals surface area contributed by atoms with E-state index < -0.39 is 0 Å². The van der Waals surface area contributed by atoms with E-state index in [0.717, 1.165) is 19.0 Å². The van der Waals surface area contributed by atoms with Gasteiger partial charge in [0, 0.05) is 12.6 Å². The quantitative estimate of drug-likeness (QED) is 0.590. The van der Waals surface area contributed by atoms with Crippen molar-refractivity contribution in [3.05, 3.63) is 0 Å². The first-order chi connectivity index (χ1) is 4.83. The number of hydrogen-bond acceptors (Lipinski definition) is 2. The highest BCUT2D eigenvalue weighted by Crippen LogP contribution is 2.08. The first-order valence-corrected chi connectivity index (χ1v) is 4.27. The summed E-state index contributed by atoms with van der Waals surface area (Å²) >= 11 is 0. The Morgan fingerprint density at radius 2 is 2.30 bits per heavy atom. The van der Waals surface area contributed by atoms with E-state index in [1.807, 2.05) is 0 Å². The Bertz CT molecular complexity index is 91.3. The van der Waals surface area contributed by atoms with Gasteiger partial charge in [-0.2, -0.15) is 0 Å². The summed E-state index contributed by atoms with van der Waals surface area (Å²) < 4.78 is 0. The molecule has 1 heterocycles. The highest BCUT2D eigenvalue weighted by atomic mass is 15.0. The van der Waals surface area contributed by atoms with Crippen molar-refractivity contribution >= 4 is 0 Å². The van der Waals surface area contributed by atoms with Crippen molar-refractivity contribution in [1.29, 1.82) is 0 Å². The topological polar surface area (TPSA) is 24.1 Å². The molecule has 0 aromatic rings. The third-order valence-corrected chi connectivity index (χ3v) is 2.06. The van der Waals surface area contributed by atoms with E-state index in [1.165, 1.54) is 13.0 Å². The monoisotopic (exact) mass is 142 g/mol. The summed E-state index contributed by atoms with van der Waals surface area (Å²) in [5.74, 6) is 0.845. The van der Waals surface area contributed by atoms with Crippen LogP contribution in [-0.2, 0) is 0 Å². The van der Waals surface area contributed by atoms with Crippen LogP contribution in [0, 0.1) is 5.92 Å². The Labute approximate surface area is 63.4 Å². The lowest BCUT2D eigenvalue weighted by molar-refractivity contribution is 0.324. The third kappa shape index (κ3) is 2.27. The molecule has 0 bridgehead atoms. The first kappa shape index (κ1) is 8.02. The van der Waals surface area contributed by atoms with Crippen LogP contribution in [0.15, 0.2) is 0 Å². The summed E-state index contributed by atoms with van der Waals surface area (Å²) in [4.78, 5) is 0. The molecule has 2 atom stereocenters. The minimum atomic E-state index is 0.716. The molecule has 1 rings (SSSR count). The molecule has 0 radical (unpaired) electrons. The van der Waals surface area contributed by atoms with Gasteiger partial charge in [-0.3, -0.25) is 0 Å². The molecule has 1 aliphatic rings. The second-order valence-corrected chi connectivity index (χ2v) is 3.25. The van der Waals surface area contributed by atoms with Crippen LogP contribution in [0.2, 0.25) is 0 Å². The molecule has 1 saturated heterocycles. The fourth-order valence-electron chi connectivity index (χ4n) is 1.60. The average molecular weight is 142 g/mol. The van der Waals surface area contributed by atoms with E-state index in [-0.39, 0.29) is 0 Å². The molecule has 2 unspecified atom stereocenters. The smallest absolute Gasteiger partial charge is 0.0195 e. The van der Waals surface area contributed by atoms with Crippen molar-refractivity contribution in [2.75, 3.05) is 19.6 Å². The standard InChI is InChI=1S/C8H18N2/c1-3-10-8-4-7(2)5-9-6-8/h7-10H,3-6H2,1-2H3. The summed E-state index contributed by atoms with van der Waals surface area (Å²) in [6.45, 7) is 7.91. The van der Waals surface area contributed by atoms with E-state index in [0.29, 0.717) is 6.04 Å². The molecular formula is C8H18N2. The van der Waals surface area contributed by atoms with Crippen LogP contribution in [0.25, 0.3) is 0 Å². The molecule has 0 aliphatic carbocycles. The van der Waals surface area contributed by atoms with Gasteiger partial charge in [0.25, 0.3) is 0 Å². The van der Waals surface area contributed by atoms with Crippen LogP contribution in [0.4, 0.5) is 0 Å². The minimum Gasteiger partial charge on any atom is -0.315 e. The number of piperidine rings is 1. The van der Waals surface area contributed by atoms with Crippen LogP contribution in [0.3, 0.4) is 0 Å². The van der Waals surface area contributed by atoms with Crippen LogP contribution in [0.1, 0.15) is 20.3 Å². The largest absolute Gasteiger partial charge is 0.315 e. The Kier molecular flexibility index (Phi) is 3.16. The number of rotatable bonds is 2. The maximum absolute atomic E-state index is 3.45. The molecular weight excluding hydrogens is 124 g/mol. The average Bonchev–Trinajstić information content (AvgIpc) is 1.88. The van der Waals surface area contributed by atoms with Gasteiger partial charge in [0.1, 0.15) is 0 Å². The summed E-state index contributed by atoms with van der Waals surface area (Å²) in [7, 11) is 0. The Balaban J connectivity index is 2.18. The predicted octanol–water partition coefficient (Wildman–Crippen LogP) is 0.594. The van der Waals surface area contributed by atoms with E-state index in [9.17, 15) is 0 Å². The minimum absolute atomic E-state index is 0.716. The predicted molar refractivity (Wildman–Crippen MR) is 44.1 cm³/mol. The summed E-state index contributed by atoms with van der Waals surface area (Å²) in [6, 6.07) is 0.716. The SMILES string of the molecule is CCNC1CNCC(C)C1. The molecule has 2 nitrogen and oxygen atoms in total. The Morgan fingerprint density at radius 1 is 1.50 bits per heavy atom. The van der Waals surface area contributed by atoms with Gasteiger partial charge in [-0.05, 0) is 25.4 Å². The molecule has 0 aromatic carbocycles. The van der Waals surface area contributed by atoms with Gasteiger partial charge >= 0.3 is 0 Å². The van der Waals surface area contributed by atoms with Crippen molar-refractivity contribution in [2.45, 2.75) is 26.3 Å². The van der Waals surface area contributed by atoms with Crippen LogP contribution in [0.5, 0.6) is 0 Å². The molecule has 0 spiro atoms. The van der Waals surface area contributed by atoms with Crippen molar-refractivity contribution in [2.24, 2.45) is 5.92 Å². The molecule has 0 saturated carbocycles. The van der Waals surface area contributed by atoms with Crippen LogP contribution >= 0.6 is 0 Å². The van der Waals surface area contributed by atoms with E-state index in [2.05, 4.69) is 24.5 Å². The highest BCUT2D eigenvalue weighted by molar-refractivity contribution is 4.77. The zero-order chi connectivity index (χ0) is 7.40. The maximum Gasteiger partial charge on any atom is 0.0195 e. The summed E-state index contributed by atoms with van der Waals surface area (Å²) in [5, 5.41) is 6.86. The second-order valence-electron chi connectivity index (χ2n) is 3.25. The maximum atomic E-state index is 3.45. The lowest BCUT2D eigenvalue weighted by Gasteiger charge is -2.28. The fourth-order valence-corrected chi connectivity index (χ4v) is 1.60. The molecule has 0 aromatic heterocycles. The highest BCUT2D eigenvalue weighted by Gasteiger charge is 2.16. The Hall–Kier alpha value is -0.0800. The van der Waals surface area contributed by atoms with Crippen LogP contribution < -0.4 is 10.6 Å². The van der Waals surface area contributed by atoms with Gasteiger partial charge in [0.05, 0.1) is 0 Å². The molecule has 2 N–H and O–H groups in total. The summed E-state index contributed by atoms with van der Waals surface area (Å²) in [6.07, 6.45) is 1.33.